The molecule has 18 heavy (non-hydrogen) atoms. The molecular weight excluding hydrogens is 234 g/mol. The van der Waals surface area contributed by atoms with Gasteiger partial charge < -0.3 is 20.2 Å². The quantitative estimate of drug-likeness (QED) is 0.632. The Morgan fingerprint density at radius 3 is 2.17 bits per heavy atom. The summed E-state index contributed by atoms with van der Waals surface area (Å²) in [6, 6.07) is 6.43. The number of aliphatic hydroxyl groups is 2. The molecule has 0 bridgehead atoms. The summed E-state index contributed by atoms with van der Waals surface area (Å²) in [6.07, 6.45) is 2.99. The van der Waals surface area contributed by atoms with Crippen LogP contribution in [0.25, 0.3) is 6.08 Å². The summed E-state index contributed by atoms with van der Waals surface area (Å²) in [4.78, 5) is 13.1. The van der Waals surface area contributed by atoms with Crippen molar-refractivity contribution >= 4 is 12.0 Å². The van der Waals surface area contributed by atoms with Crippen molar-refractivity contribution in [2.45, 2.75) is 0 Å². The van der Waals surface area contributed by atoms with Gasteiger partial charge in [-0.2, -0.15) is 0 Å². The number of amides is 1. The van der Waals surface area contributed by atoms with Gasteiger partial charge in [-0.15, -0.1) is 0 Å². The van der Waals surface area contributed by atoms with Crippen LogP contribution in [0.15, 0.2) is 30.3 Å². The van der Waals surface area contributed by atoms with E-state index in [1.165, 1.54) is 23.1 Å². The van der Waals surface area contributed by atoms with Crippen LogP contribution in [-0.2, 0) is 4.79 Å². The van der Waals surface area contributed by atoms with Crippen LogP contribution >= 0.6 is 0 Å². The van der Waals surface area contributed by atoms with E-state index in [0.717, 1.165) is 5.56 Å². The van der Waals surface area contributed by atoms with Gasteiger partial charge in [0.15, 0.2) is 0 Å². The highest BCUT2D eigenvalue weighted by Gasteiger charge is 2.08. The van der Waals surface area contributed by atoms with E-state index in [9.17, 15) is 4.79 Å². The predicted molar refractivity (Wildman–Crippen MR) is 67.9 cm³/mol. The molecule has 1 amide bonds. The molecule has 1 rings (SSSR count). The molecule has 0 aliphatic rings. The second-order valence-electron chi connectivity index (χ2n) is 3.70. The Morgan fingerprint density at radius 1 is 1.11 bits per heavy atom. The summed E-state index contributed by atoms with van der Waals surface area (Å²) in [5.41, 5.74) is 0.786. The molecule has 0 spiro atoms. The van der Waals surface area contributed by atoms with Gasteiger partial charge in [0, 0.05) is 19.2 Å². The largest absolute Gasteiger partial charge is 0.508 e. The molecule has 0 unspecified atom stereocenters. The van der Waals surface area contributed by atoms with E-state index in [1.54, 1.807) is 18.2 Å². The lowest BCUT2D eigenvalue weighted by Crippen LogP contribution is -2.34. The highest BCUT2D eigenvalue weighted by molar-refractivity contribution is 5.91. The van der Waals surface area contributed by atoms with Crippen LogP contribution in [0.1, 0.15) is 5.56 Å². The van der Waals surface area contributed by atoms with Gasteiger partial charge in [-0.25, -0.2) is 0 Å². The molecule has 0 aliphatic heterocycles. The second kappa shape index (κ2) is 7.47. The van der Waals surface area contributed by atoms with E-state index in [2.05, 4.69) is 0 Å². The Labute approximate surface area is 106 Å². The number of nitrogens with zero attached hydrogens (tertiary/aromatic N) is 1. The summed E-state index contributed by atoms with van der Waals surface area (Å²) < 4.78 is 0. The first kappa shape index (κ1) is 14.2. The topological polar surface area (TPSA) is 81.0 Å². The molecule has 0 aliphatic carbocycles. The number of hydrogen-bond acceptors (Lipinski definition) is 4. The average Bonchev–Trinajstić information content (AvgIpc) is 2.37. The molecule has 5 nitrogen and oxygen atoms in total. The van der Waals surface area contributed by atoms with Crippen LogP contribution < -0.4 is 0 Å². The Kier molecular flexibility index (Phi) is 5.90. The van der Waals surface area contributed by atoms with Crippen LogP contribution in [0.3, 0.4) is 0 Å². The van der Waals surface area contributed by atoms with Crippen molar-refractivity contribution in [1.82, 2.24) is 4.90 Å². The van der Waals surface area contributed by atoms with E-state index in [4.69, 9.17) is 15.3 Å². The maximum Gasteiger partial charge on any atom is 0.246 e. The van der Waals surface area contributed by atoms with E-state index in [-0.39, 0.29) is 38.0 Å². The van der Waals surface area contributed by atoms with E-state index in [1.807, 2.05) is 0 Å². The third kappa shape index (κ3) is 4.57. The first-order chi connectivity index (χ1) is 8.67. The molecule has 5 heteroatoms. The molecule has 0 heterocycles. The normalized spacial score (nSPS) is 10.8. The summed E-state index contributed by atoms with van der Waals surface area (Å²) >= 11 is 0. The Hall–Kier alpha value is -1.85. The zero-order valence-corrected chi connectivity index (χ0v) is 9.99. The highest BCUT2D eigenvalue weighted by Crippen LogP contribution is 2.10. The zero-order valence-electron chi connectivity index (χ0n) is 9.99. The Balaban J connectivity index is 2.63. The standard InChI is InChI=1S/C13H17NO4/c15-9-7-14(8-10-16)13(18)6-3-11-1-4-12(17)5-2-11/h1-6,15-17H,7-10H2/b6-3+. The second-order valence-corrected chi connectivity index (χ2v) is 3.70. The molecule has 98 valence electrons. The van der Waals surface area contributed by atoms with Gasteiger partial charge >= 0.3 is 0 Å². The minimum Gasteiger partial charge on any atom is -0.508 e. The van der Waals surface area contributed by atoms with Gasteiger partial charge in [0.25, 0.3) is 0 Å². The van der Waals surface area contributed by atoms with Gasteiger partial charge in [0.2, 0.25) is 5.91 Å². The van der Waals surface area contributed by atoms with Crippen molar-refractivity contribution in [2.75, 3.05) is 26.3 Å². The number of aromatic hydroxyl groups is 1. The lowest BCUT2D eigenvalue weighted by atomic mass is 10.2. The van der Waals surface area contributed by atoms with Crippen molar-refractivity contribution in [3.8, 4) is 5.75 Å². The van der Waals surface area contributed by atoms with Gasteiger partial charge in [0.1, 0.15) is 5.75 Å². The number of benzene rings is 1. The minimum atomic E-state index is -0.272. The zero-order chi connectivity index (χ0) is 13.4. The molecule has 3 N–H and O–H groups in total. The fraction of sp³-hybridized carbons (Fsp3) is 0.308. The van der Waals surface area contributed by atoms with Crippen LogP contribution in [-0.4, -0.2) is 52.4 Å². The number of carbonyl (C=O) groups excluding carboxylic acids is 1. The van der Waals surface area contributed by atoms with Crippen molar-refractivity contribution in [1.29, 1.82) is 0 Å². The van der Waals surface area contributed by atoms with Crippen molar-refractivity contribution in [3.05, 3.63) is 35.9 Å². The smallest absolute Gasteiger partial charge is 0.246 e. The molecule has 0 fully saturated rings. The number of rotatable bonds is 6. The average molecular weight is 251 g/mol. The lowest BCUT2D eigenvalue weighted by Gasteiger charge is -2.18. The van der Waals surface area contributed by atoms with Crippen LogP contribution in [0.5, 0.6) is 5.75 Å². The number of phenolic OH excluding ortho intramolecular Hbond substituents is 1. The van der Waals surface area contributed by atoms with Gasteiger partial charge in [-0.1, -0.05) is 12.1 Å². The van der Waals surface area contributed by atoms with Gasteiger partial charge in [0.05, 0.1) is 13.2 Å². The number of phenols is 1. The van der Waals surface area contributed by atoms with E-state index in [0.29, 0.717) is 0 Å². The molecule has 0 saturated heterocycles. The molecule has 0 radical (unpaired) electrons. The fourth-order valence-corrected chi connectivity index (χ4v) is 1.43. The van der Waals surface area contributed by atoms with Gasteiger partial charge in [-0.3, -0.25) is 4.79 Å². The third-order valence-corrected chi connectivity index (χ3v) is 2.36. The van der Waals surface area contributed by atoms with E-state index >= 15 is 0 Å². The maximum absolute atomic E-state index is 11.7. The monoisotopic (exact) mass is 251 g/mol. The van der Waals surface area contributed by atoms with Crippen molar-refractivity contribution in [2.24, 2.45) is 0 Å². The number of hydrogen-bond donors (Lipinski definition) is 3. The van der Waals surface area contributed by atoms with Gasteiger partial charge in [-0.05, 0) is 23.8 Å². The Morgan fingerprint density at radius 2 is 1.67 bits per heavy atom. The highest BCUT2D eigenvalue weighted by atomic mass is 16.3. The number of aliphatic hydroxyl groups excluding tert-OH is 2. The number of carbonyl (C=O) groups is 1. The van der Waals surface area contributed by atoms with E-state index < -0.39 is 0 Å². The summed E-state index contributed by atoms with van der Waals surface area (Å²) in [6.45, 7) is 0.107. The first-order valence-corrected chi connectivity index (χ1v) is 5.65. The van der Waals surface area contributed by atoms with Crippen molar-refractivity contribution in [3.63, 3.8) is 0 Å². The molecule has 0 atom stereocenters. The SMILES string of the molecule is O=C(/C=C/c1ccc(O)cc1)N(CCO)CCO. The van der Waals surface area contributed by atoms with Crippen LogP contribution in [0.2, 0.25) is 0 Å². The van der Waals surface area contributed by atoms with Crippen molar-refractivity contribution < 1.29 is 20.1 Å². The fourth-order valence-electron chi connectivity index (χ4n) is 1.43. The summed E-state index contributed by atoms with van der Waals surface area (Å²) in [5, 5.41) is 26.7. The third-order valence-electron chi connectivity index (χ3n) is 2.36. The first-order valence-electron chi connectivity index (χ1n) is 5.65. The molecule has 0 saturated carbocycles. The molecular formula is C13H17NO4. The maximum atomic E-state index is 11.7. The molecule has 1 aromatic carbocycles. The summed E-state index contributed by atoms with van der Waals surface area (Å²) in [5.74, 6) is -0.105. The van der Waals surface area contributed by atoms with Crippen LogP contribution in [0, 0.1) is 0 Å². The predicted octanol–water partition coefficient (Wildman–Crippen LogP) is 0.219. The Bertz CT molecular complexity index is 394. The summed E-state index contributed by atoms with van der Waals surface area (Å²) in [7, 11) is 0. The lowest BCUT2D eigenvalue weighted by molar-refractivity contribution is -0.126. The van der Waals surface area contributed by atoms with Crippen LogP contribution in [0.4, 0.5) is 0 Å². The molecule has 0 aromatic heterocycles. The minimum absolute atomic E-state index is 0.140. The molecule has 1 aromatic rings.